The molecule has 1 aliphatic heterocycles. The lowest BCUT2D eigenvalue weighted by atomic mass is 9.82. The summed E-state index contributed by atoms with van der Waals surface area (Å²) in [6, 6.07) is 9.60. The van der Waals surface area contributed by atoms with Crippen LogP contribution in [0.4, 0.5) is 13.2 Å². The molecule has 6 rings (SSSR count). The Morgan fingerprint density at radius 2 is 2.02 bits per heavy atom. The normalized spacial score (nSPS) is 23.1. The molecular weight excluding hydrogens is 553 g/mol. The lowest BCUT2D eigenvalue weighted by Crippen LogP contribution is -2.50. The zero-order valence-electron chi connectivity index (χ0n) is 22.4. The summed E-state index contributed by atoms with van der Waals surface area (Å²) in [5, 5.41) is 29.8. The fourth-order valence-corrected chi connectivity index (χ4v) is 6.16. The second-order valence-electron chi connectivity index (χ2n) is 11.0. The molecule has 0 bridgehead atoms. The zero-order chi connectivity index (χ0) is 29.6. The molecule has 2 aromatic heterocycles. The van der Waals surface area contributed by atoms with Gasteiger partial charge in [0.15, 0.2) is 12.4 Å². The molecule has 1 aromatic carbocycles. The average molecular weight is 581 g/mol. The van der Waals surface area contributed by atoms with Crippen molar-refractivity contribution in [1.82, 2.24) is 25.4 Å². The van der Waals surface area contributed by atoms with E-state index in [9.17, 15) is 33.1 Å². The van der Waals surface area contributed by atoms with E-state index in [1.807, 2.05) is 6.07 Å². The Morgan fingerprint density at radius 1 is 1.24 bits per heavy atom. The van der Waals surface area contributed by atoms with E-state index < -0.39 is 36.2 Å². The van der Waals surface area contributed by atoms with Gasteiger partial charge in [-0.25, -0.2) is 9.67 Å². The summed E-state index contributed by atoms with van der Waals surface area (Å²) >= 11 is 0. The van der Waals surface area contributed by atoms with Gasteiger partial charge in [0.1, 0.15) is 17.5 Å². The van der Waals surface area contributed by atoms with Crippen LogP contribution in [0.5, 0.6) is 5.75 Å². The molecule has 0 unspecified atom stereocenters. The van der Waals surface area contributed by atoms with Crippen LogP contribution >= 0.6 is 0 Å². The Kier molecular flexibility index (Phi) is 6.89. The van der Waals surface area contributed by atoms with Crippen molar-refractivity contribution >= 4 is 11.8 Å². The minimum Gasteiger partial charge on any atom is -0.484 e. The second-order valence-corrected chi connectivity index (χ2v) is 11.0. The fourth-order valence-electron chi connectivity index (χ4n) is 6.16. The van der Waals surface area contributed by atoms with Crippen LogP contribution in [-0.4, -0.2) is 56.6 Å². The Morgan fingerprint density at radius 3 is 2.71 bits per heavy atom. The standard InChI is InChI=1S/C29H27F3N6O4/c30-29(31,32)15-42-20-6-7-21-17(11-20)9-10-28(21)12-22-24(26(40)36-28)25(27(41)35-18-2-4-19(39)5-3-18)38(37-22)23-8-1-16(13-33)14-34-23/h1,6-8,11,14,18-19,39H,2-5,9-10,12,15H2,(H,35,41)(H,36,40)/t18-,19-,28-/m0/s1. The highest BCUT2D eigenvalue weighted by Gasteiger charge is 2.47. The number of benzene rings is 1. The number of rotatable bonds is 5. The number of aliphatic hydroxyl groups is 1. The van der Waals surface area contributed by atoms with Gasteiger partial charge in [0.05, 0.1) is 28.5 Å². The number of carbonyl (C=O) groups excluding carboxylic acids is 2. The molecule has 0 radical (unpaired) electrons. The summed E-state index contributed by atoms with van der Waals surface area (Å²) in [5.74, 6) is -0.643. The number of amides is 2. The third kappa shape index (κ3) is 5.18. The number of hydrogen-bond donors (Lipinski definition) is 3. The van der Waals surface area contributed by atoms with Gasteiger partial charge in [-0.15, -0.1) is 0 Å². The second kappa shape index (κ2) is 10.4. The third-order valence-corrected chi connectivity index (χ3v) is 8.16. The maximum atomic E-state index is 13.8. The quantitative estimate of drug-likeness (QED) is 0.421. The van der Waals surface area contributed by atoms with E-state index >= 15 is 0 Å². The van der Waals surface area contributed by atoms with Gasteiger partial charge in [-0.05, 0) is 73.9 Å². The number of pyridine rings is 1. The summed E-state index contributed by atoms with van der Waals surface area (Å²) < 4.78 is 44.2. The number of halogens is 3. The molecule has 42 heavy (non-hydrogen) atoms. The van der Waals surface area contributed by atoms with E-state index in [4.69, 9.17) is 4.74 Å². The molecule has 3 aliphatic rings. The van der Waals surface area contributed by atoms with Crippen LogP contribution in [0.15, 0.2) is 36.5 Å². The molecule has 1 atom stereocenters. The van der Waals surface area contributed by atoms with Gasteiger partial charge in [0, 0.05) is 18.7 Å². The number of aryl methyl sites for hydroxylation is 1. The summed E-state index contributed by atoms with van der Waals surface area (Å²) in [5.41, 5.74) is 1.53. The predicted octanol–water partition coefficient (Wildman–Crippen LogP) is 3.24. The number of alkyl halides is 3. The van der Waals surface area contributed by atoms with Crippen molar-refractivity contribution in [2.24, 2.45) is 0 Å². The van der Waals surface area contributed by atoms with Crippen molar-refractivity contribution in [2.45, 2.75) is 68.8 Å². The van der Waals surface area contributed by atoms with Crippen molar-refractivity contribution in [2.75, 3.05) is 6.61 Å². The van der Waals surface area contributed by atoms with Crippen molar-refractivity contribution in [3.63, 3.8) is 0 Å². The first-order chi connectivity index (χ1) is 20.0. The van der Waals surface area contributed by atoms with E-state index in [0.29, 0.717) is 49.8 Å². The van der Waals surface area contributed by atoms with Crippen LogP contribution < -0.4 is 15.4 Å². The summed E-state index contributed by atoms with van der Waals surface area (Å²) in [6.45, 7) is -1.40. The van der Waals surface area contributed by atoms with E-state index in [2.05, 4.69) is 20.7 Å². The van der Waals surface area contributed by atoms with Crippen LogP contribution in [-0.2, 0) is 18.4 Å². The first-order valence-electron chi connectivity index (χ1n) is 13.7. The Balaban J connectivity index is 1.35. The number of nitriles is 1. The van der Waals surface area contributed by atoms with Crippen LogP contribution in [0.2, 0.25) is 0 Å². The zero-order valence-corrected chi connectivity index (χ0v) is 22.4. The van der Waals surface area contributed by atoms with Gasteiger partial charge >= 0.3 is 6.18 Å². The van der Waals surface area contributed by atoms with Crippen molar-refractivity contribution in [1.29, 1.82) is 5.26 Å². The molecule has 0 saturated heterocycles. The van der Waals surface area contributed by atoms with Gasteiger partial charge in [-0.2, -0.15) is 23.5 Å². The number of aliphatic hydroxyl groups excluding tert-OH is 1. The number of aromatic nitrogens is 3. The van der Waals surface area contributed by atoms with Gasteiger partial charge in [-0.3, -0.25) is 9.59 Å². The van der Waals surface area contributed by atoms with E-state index in [-0.39, 0.29) is 35.3 Å². The van der Waals surface area contributed by atoms with Gasteiger partial charge in [0.25, 0.3) is 11.8 Å². The highest BCUT2D eigenvalue weighted by Crippen LogP contribution is 2.44. The molecule has 1 spiro atoms. The van der Waals surface area contributed by atoms with Crippen LogP contribution in [0.25, 0.3) is 5.82 Å². The summed E-state index contributed by atoms with van der Waals surface area (Å²) in [4.78, 5) is 31.7. The summed E-state index contributed by atoms with van der Waals surface area (Å²) in [7, 11) is 0. The molecule has 3 N–H and O–H groups in total. The SMILES string of the molecule is N#Cc1ccc(-n2nc3c(c2C(=O)N[C@H]2CC[C@H](O)CC2)C(=O)N[C@@]2(CCc4cc(OCC(F)(F)F)ccc42)C3)nc1. The van der Waals surface area contributed by atoms with Gasteiger partial charge in [0.2, 0.25) is 0 Å². The minimum atomic E-state index is -4.46. The molecule has 3 aromatic rings. The van der Waals surface area contributed by atoms with Crippen LogP contribution in [0.1, 0.15) is 75.3 Å². The Bertz CT molecular complexity index is 1590. The van der Waals surface area contributed by atoms with E-state index in [1.54, 1.807) is 24.3 Å². The molecule has 218 valence electrons. The molecule has 2 aliphatic carbocycles. The number of carbonyl (C=O) groups is 2. The number of nitrogens with zero attached hydrogens (tertiary/aromatic N) is 4. The monoisotopic (exact) mass is 580 g/mol. The third-order valence-electron chi connectivity index (χ3n) is 8.16. The van der Waals surface area contributed by atoms with Crippen molar-refractivity contribution in [3.05, 3.63) is 70.2 Å². The topological polar surface area (TPSA) is 142 Å². The first kappa shape index (κ1) is 27.7. The highest BCUT2D eigenvalue weighted by molar-refractivity contribution is 6.08. The minimum absolute atomic E-state index is 0.0230. The van der Waals surface area contributed by atoms with Crippen LogP contribution in [0, 0.1) is 11.3 Å². The Labute approximate surface area is 238 Å². The number of fused-ring (bicyclic) bond motifs is 3. The molecule has 1 fully saturated rings. The maximum absolute atomic E-state index is 13.8. The molecular formula is C29H27F3N6O4. The predicted molar refractivity (Wildman–Crippen MR) is 141 cm³/mol. The number of nitrogens with one attached hydrogen (secondary N) is 2. The summed E-state index contributed by atoms with van der Waals surface area (Å²) in [6.07, 6.45) is 0.0585. The average Bonchev–Trinajstić information content (AvgIpc) is 3.51. The van der Waals surface area contributed by atoms with Gasteiger partial charge < -0.3 is 20.5 Å². The molecule has 3 heterocycles. The molecule has 13 heteroatoms. The van der Waals surface area contributed by atoms with Crippen molar-refractivity contribution < 1.29 is 32.6 Å². The Hall–Kier alpha value is -4.44. The lowest BCUT2D eigenvalue weighted by molar-refractivity contribution is -0.153. The fraction of sp³-hybridized carbons (Fsp3) is 0.414. The maximum Gasteiger partial charge on any atom is 0.422 e. The smallest absolute Gasteiger partial charge is 0.422 e. The van der Waals surface area contributed by atoms with Crippen LogP contribution in [0.3, 0.4) is 0 Å². The van der Waals surface area contributed by atoms with Gasteiger partial charge in [-0.1, -0.05) is 6.07 Å². The largest absolute Gasteiger partial charge is 0.484 e. The highest BCUT2D eigenvalue weighted by atomic mass is 19.4. The van der Waals surface area contributed by atoms with E-state index in [1.165, 1.54) is 16.9 Å². The van der Waals surface area contributed by atoms with E-state index in [0.717, 1.165) is 11.1 Å². The number of ether oxygens (including phenoxy) is 1. The molecule has 10 nitrogen and oxygen atoms in total. The van der Waals surface area contributed by atoms with Crippen molar-refractivity contribution in [3.8, 4) is 17.6 Å². The lowest BCUT2D eigenvalue weighted by Gasteiger charge is -2.35. The molecule has 1 saturated carbocycles. The molecule has 2 amide bonds. The first-order valence-corrected chi connectivity index (χ1v) is 13.7. The number of hydrogen-bond acceptors (Lipinski definition) is 7.